The van der Waals surface area contributed by atoms with Gasteiger partial charge in [-0.15, -0.1) is 0 Å². The Labute approximate surface area is 216 Å². The fraction of sp³-hybridized carbons (Fsp3) is 0.321. The quantitative estimate of drug-likeness (QED) is 0.355. The largest absolute Gasteiger partial charge is 0.460 e. The SMILES string of the molecule is COCCOC(=O)C1=C(C)N=C2SC=C(CC(=O)NCCCc3ccccc3)N2C1c1ccccc1. The molecule has 1 amide bonds. The monoisotopic (exact) mass is 505 g/mol. The second-order valence-corrected chi connectivity index (χ2v) is 9.38. The van der Waals surface area contributed by atoms with Crippen LogP contribution in [-0.2, 0) is 25.5 Å². The molecule has 4 rings (SSSR count). The fourth-order valence-corrected chi connectivity index (χ4v) is 5.23. The number of ether oxygens (including phenoxy) is 2. The highest BCUT2D eigenvalue weighted by molar-refractivity contribution is 8.16. The summed E-state index contributed by atoms with van der Waals surface area (Å²) in [6.45, 7) is 2.91. The molecule has 2 heterocycles. The van der Waals surface area contributed by atoms with E-state index in [0.717, 1.165) is 29.3 Å². The van der Waals surface area contributed by atoms with Gasteiger partial charge >= 0.3 is 5.97 Å². The minimum atomic E-state index is -0.430. The van der Waals surface area contributed by atoms with Gasteiger partial charge in [0.1, 0.15) is 6.61 Å². The number of hydrogen-bond acceptors (Lipinski definition) is 7. The third-order valence-corrected chi connectivity index (χ3v) is 6.89. The Morgan fingerprint density at radius 3 is 2.50 bits per heavy atom. The van der Waals surface area contributed by atoms with Gasteiger partial charge in [0.15, 0.2) is 5.17 Å². The van der Waals surface area contributed by atoms with Crippen LogP contribution in [-0.4, -0.2) is 48.8 Å². The molecule has 2 aromatic rings. The number of nitrogens with zero attached hydrogens (tertiary/aromatic N) is 2. The first-order valence-corrected chi connectivity index (χ1v) is 12.9. The second-order valence-electron chi connectivity index (χ2n) is 8.55. The Hall–Kier alpha value is -3.36. The summed E-state index contributed by atoms with van der Waals surface area (Å²) >= 11 is 1.47. The van der Waals surface area contributed by atoms with Crippen molar-refractivity contribution in [2.75, 3.05) is 26.9 Å². The summed E-state index contributed by atoms with van der Waals surface area (Å²) in [5.74, 6) is -0.485. The lowest BCUT2D eigenvalue weighted by molar-refractivity contribution is -0.141. The summed E-state index contributed by atoms with van der Waals surface area (Å²) in [6.07, 6.45) is 1.98. The molecule has 36 heavy (non-hydrogen) atoms. The number of carbonyl (C=O) groups excluding carboxylic acids is 2. The van der Waals surface area contributed by atoms with Crippen molar-refractivity contribution < 1.29 is 19.1 Å². The van der Waals surface area contributed by atoms with Crippen molar-refractivity contribution in [2.45, 2.75) is 32.2 Å². The molecule has 0 aromatic heterocycles. The number of hydrogen-bond donors (Lipinski definition) is 1. The molecule has 0 spiro atoms. The lowest BCUT2D eigenvalue weighted by atomic mass is 9.94. The zero-order chi connectivity index (χ0) is 25.3. The number of methoxy groups -OCH3 is 1. The van der Waals surface area contributed by atoms with Gasteiger partial charge in [-0.05, 0) is 36.3 Å². The van der Waals surface area contributed by atoms with E-state index in [0.29, 0.717) is 24.4 Å². The van der Waals surface area contributed by atoms with Crippen LogP contribution in [0.4, 0.5) is 0 Å². The van der Waals surface area contributed by atoms with Gasteiger partial charge in [0.2, 0.25) is 5.91 Å². The summed E-state index contributed by atoms with van der Waals surface area (Å²) < 4.78 is 10.5. The van der Waals surface area contributed by atoms with Crippen LogP contribution in [0.3, 0.4) is 0 Å². The van der Waals surface area contributed by atoms with Gasteiger partial charge in [-0.1, -0.05) is 72.4 Å². The minimum absolute atomic E-state index is 0.0570. The van der Waals surface area contributed by atoms with Crippen LogP contribution in [0, 0.1) is 0 Å². The van der Waals surface area contributed by atoms with E-state index in [2.05, 4.69) is 22.4 Å². The molecule has 7 nitrogen and oxygen atoms in total. The van der Waals surface area contributed by atoms with Crippen LogP contribution in [0.2, 0.25) is 0 Å². The number of esters is 1. The molecule has 0 saturated carbocycles. The summed E-state index contributed by atoms with van der Waals surface area (Å²) in [5, 5.41) is 5.73. The molecule has 1 unspecified atom stereocenters. The number of fused-ring (bicyclic) bond motifs is 1. The zero-order valence-electron chi connectivity index (χ0n) is 20.6. The smallest absolute Gasteiger partial charge is 0.338 e. The zero-order valence-corrected chi connectivity index (χ0v) is 21.4. The topological polar surface area (TPSA) is 80.2 Å². The first-order chi connectivity index (χ1) is 17.6. The fourth-order valence-electron chi connectivity index (χ4n) is 4.27. The Morgan fingerprint density at radius 2 is 1.78 bits per heavy atom. The van der Waals surface area contributed by atoms with Crippen LogP contribution >= 0.6 is 11.8 Å². The Balaban J connectivity index is 1.46. The number of allylic oxidation sites excluding steroid dienone is 1. The summed E-state index contributed by atoms with van der Waals surface area (Å²) in [6, 6.07) is 19.6. The van der Waals surface area contributed by atoms with Gasteiger partial charge in [-0.3, -0.25) is 4.79 Å². The number of aryl methyl sites for hydroxylation is 1. The number of rotatable bonds is 11. The molecular formula is C28H31N3O4S. The van der Waals surface area contributed by atoms with E-state index in [9.17, 15) is 9.59 Å². The highest BCUT2D eigenvalue weighted by Crippen LogP contribution is 2.44. The Bertz CT molecular complexity index is 1160. The van der Waals surface area contributed by atoms with Gasteiger partial charge in [-0.25, -0.2) is 9.79 Å². The Kier molecular flexibility index (Phi) is 8.97. The number of amides is 1. The molecular weight excluding hydrogens is 474 g/mol. The number of thioether (sulfide) groups is 1. The molecule has 0 aliphatic carbocycles. The Morgan fingerprint density at radius 1 is 1.06 bits per heavy atom. The van der Waals surface area contributed by atoms with Gasteiger partial charge in [-0.2, -0.15) is 0 Å². The van der Waals surface area contributed by atoms with Gasteiger partial charge in [0.25, 0.3) is 0 Å². The molecule has 2 aromatic carbocycles. The molecule has 2 aliphatic heterocycles. The van der Waals surface area contributed by atoms with Crippen LogP contribution < -0.4 is 5.32 Å². The van der Waals surface area contributed by atoms with Crippen molar-refractivity contribution in [3.8, 4) is 0 Å². The maximum absolute atomic E-state index is 13.1. The van der Waals surface area contributed by atoms with E-state index in [1.54, 1.807) is 7.11 Å². The average Bonchev–Trinajstić information content (AvgIpc) is 3.28. The first kappa shape index (κ1) is 25.7. The molecule has 0 radical (unpaired) electrons. The summed E-state index contributed by atoms with van der Waals surface area (Å²) in [4.78, 5) is 32.7. The van der Waals surface area contributed by atoms with E-state index in [1.807, 2.05) is 65.8 Å². The summed E-state index contributed by atoms with van der Waals surface area (Å²) in [7, 11) is 1.56. The third-order valence-electron chi connectivity index (χ3n) is 6.01. The maximum atomic E-state index is 13.1. The normalized spacial score (nSPS) is 16.8. The van der Waals surface area contributed by atoms with E-state index in [1.165, 1.54) is 17.3 Å². The van der Waals surface area contributed by atoms with E-state index < -0.39 is 12.0 Å². The van der Waals surface area contributed by atoms with Crippen molar-refractivity contribution in [2.24, 2.45) is 4.99 Å². The molecule has 2 aliphatic rings. The molecule has 1 atom stereocenters. The van der Waals surface area contributed by atoms with Crippen molar-refractivity contribution in [3.63, 3.8) is 0 Å². The highest BCUT2D eigenvalue weighted by Gasteiger charge is 2.41. The van der Waals surface area contributed by atoms with Crippen LogP contribution in [0.15, 0.2) is 88.0 Å². The van der Waals surface area contributed by atoms with Crippen LogP contribution in [0.5, 0.6) is 0 Å². The lowest BCUT2D eigenvalue weighted by Gasteiger charge is -2.36. The average molecular weight is 506 g/mol. The molecule has 0 bridgehead atoms. The van der Waals surface area contributed by atoms with Crippen LogP contribution in [0.25, 0.3) is 0 Å². The third kappa shape index (κ3) is 6.25. The van der Waals surface area contributed by atoms with Crippen LogP contribution in [0.1, 0.15) is 36.9 Å². The number of carbonyl (C=O) groups is 2. The lowest BCUT2D eigenvalue weighted by Crippen LogP contribution is -2.38. The summed E-state index contributed by atoms with van der Waals surface area (Å²) in [5.41, 5.74) is 4.08. The second kappa shape index (κ2) is 12.6. The minimum Gasteiger partial charge on any atom is -0.460 e. The van der Waals surface area contributed by atoms with E-state index >= 15 is 0 Å². The predicted molar refractivity (Wildman–Crippen MR) is 142 cm³/mol. The molecule has 0 saturated heterocycles. The van der Waals surface area contributed by atoms with Gasteiger partial charge in [0, 0.05) is 19.4 Å². The predicted octanol–water partition coefficient (Wildman–Crippen LogP) is 4.59. The van der Waals surface area contributed by atoms with Crippen molar-refractivity contribution in [1.82, 2.24) is 10.2 Å². The maximum Gasteiger partial charge on any atom is 0.338 e. The van der Waals surface area contributed by atoms with Crippen molar-refractivity contribution in [1.29, 1.82) is 0 Å². The number of aliphatic imine (C=N–C) groups is 1. The molecule has 8 heteroatoms. The van der Waals surface area contributed by atoms with Crippen molar-refractivity contribution >= 4 is 28.8 Å². The van der Waals surface area contributed by atoms with Gasteiger partial charge in [0.05, 0.1) is 30.3 Å². The highest BCUT2D eigenvalue weighted by atomic mass is 32.2. The standard InChI is InChI=1S/C28H31N3O4S/c1-20-25(27(33)35-17-16-34-2)26(22-13-7-4-8-14-22)31-23(19-36-28(31)30-20)18-24(32)29-15-9-12-21-10-5-3-6-11-21/h3-8,10-11,13-14,19,26H,9,12,15-18H2,1-2H3,(H,29,32). The number of benzene rings is 2. The molecule has 0 fully saturated rings. The number of amidine groups is 1. The van der Waals surface area contributed by atoms with Gasteiger partial charge < -0.3 is 19.7 Å². The van der Waals surface area contributed by atoms with Crippen molar-refractivity contribution in [3.05, 3.63) is 94.2 Å². The van der Waals surface area contributed by atoms with E-state index in [-0.39, 0.29) is 18.9 Å². The first-order valence-electron chi connectivity index (χ1n) is 12.0. The van der Waals surface area contributed by atoms with E-state index in [4.69, 9.17) is 9.47 Å². The molecule has 188 valence electrons. The number of nitrogens with one attached hydrogen (secondary N) is 1. The molecule has 1 N–H and O–H groups in total.